The molecule has 8 heteroatoms. The van der Waals surface area contributed by atoms with E-state index in [-0.39, 0.29) is 30.4 Å². The minimum absolute atomic E-state index is 0.0238. The fraction of sp³-hybridized carbons (Fsp3) is 0.0909. The van der Waals surface area contributed by atoms with E-state index >= 15 is 0 Å². The first-order chi connectivity index (χ1) is 14.5. The molecule has 3 rings (SSSR count). The Balaban J connectivity index is 1.45. The Hall–Kier alpha value is -4.20. The van der Waals surface area contributed by atoms with Gasteiger partial charge >= 0.3 is 6.16 Å². The Morgan fingerprint density at radius 3 is 2.17 bits per heavy atom. The van der Waals surface area contributed by atoms with Gasteiger partial charge in [0.2, 0.25) is 5.91 Å². The maximum absolute atomic E-state index is 12.1. The molecule has 0 radical (unpaired) electrons. The molecule has 0 unspecified atom stereocenters. The van der Waals surface area contributed by atoms with Crippen molar-refractivity contribution in [3.63, 3.8) is 0 Å². The Kier molecular flexibility index (Phi) is 6.73. The summed E-state index contributed by atoms with van der Waals surface area (Å²) >= 11 is 0. The van der Waals surface area contributed by atoms with Gasteiger partial charge in [-0.3, -0.25) is 14.9 Å². The van der Waals surface area contributed by atoms with Crippen molar-refractivity contribution < 1.29 is 24.0 Å². The summed E-state index contributed by atoms with van der Waals surface area (Å²) < 4.78 is 9.99. The average Bonchev–Trinajstić information content (AvgIpc) is 2.74. The van der Waals surface area contributed by atoms with Crippen LogP contribution in [0.3, 0.4) is 0 Å². The van der Waals surface area contributed by atoms with Crippen LogP contribution < -0.4 is 10.1 Å². The molecule has 1 N–H and O–H groups in total. The van der Waals surface area contributed by atoms with E-state index in [4.69, 9.17) is 9.47 Å². The standard InChI is InChI=1S/C22H18N2O6/c25-21(14-16-4-2-1-3-5-16)23-18-8-6-17(7-9-18)15-29-22(26)30-20-12-10-19(11-13-20)24(27)28/h1-13H,14-15H2,(H,23,25). The molecule has 0 aliphatic rings. The molecular weight excluding hydrogens is 388 g/mol. The van der Waals surface area contributed by atoms with Crippen LogP contribution in [0.1, 0.15) is 11.1 Å². The lowest BCUT2D eigenvalue weighted by Crippen LogP contribution is -2.14. The molecule has 0 saturated carbocycles. The summed E-state index contributed by atoms with van der Waals surface area (Å²) in [6.07, 6.45) is -0.649. The average molecular weight is 406 g/mol. The van der Waals surface area contributed by atoms with E-state index < -0.39 is 11.1 Å². The largest absolute Gasteiger partial charge is 0.514 e. The van der Waals surface area contributed by atoms with Crippen molar-refractivity contribution in [2.75, 3.05) is 5.32 Å². The highest BCUT2D eigenvalue weighted by Crippen LogP contribution is 2.18. The maximum Gasteiger partial charge on any atom is 0.514 e. The van der Waals surface area contributed by atoms with Gasteiger partial charge in [-0.05, 0) is 35.4 Å². The Morgan fingerprint density at radius 2 is 1.53 bits per heavy atom. The summed E-state index contributed by atoms with van der Waals surface area (Å²) in [5.74, 6) is 0.0129. The zero-order valence-corrected chi connectivity index (χ0v) is 15.8. The van der Waals surface area contributed by atoms with Gasteiger partial charge in [0.25, 0.3) is 5.69 Å². The smallest absolute Gasteiger partial charge is 0.429 e. The second-order valence-corrected chi connectivity index (χ2v) is 6.30. The third-order valence-electron chi connectivity index (χ3n) is 4.05. The predicted octanol–water partition coefficient (Wildman–Crippen LogP) is 4.49. The number of nitrogens with zero attached hydrogens (tertiary/aromatic N) is 1. The number of amides is 1. The molecule has 0 aromatic heterocycles. The van der Waals surface area contributed by atoms with E-state index in [0.717, 1.165) is 5.56 Å². The van der Waals surface area contributed by atoms with E-state index in [9.17, 15) is 19.7 Å². The number of rotatable bonds is 7. The molecule has 0 aliphatic heterocycles. The zero-order valence-electron chi connectivity index (χ0n) is 15.8. The van der Waals surface area contributed by atoms with Crippen molar-refractivity contribution in [2.24, 2.45) is 0 Å². The number of nitrogens with one attached hydrogen (secondary N) is 1. The molecule has 3 aromatic carbocycles. The van der Waals surface area contributed by atoms with Crippen molar-refractivity contribution in [1.82, 2.24) is 0 Å². The SMILES string of the molecule is O=C(Cc1ccccc1)Nc1ccc(COC(=O)Oc2ccc([N+](=O)[O-])cc2)cc1. The molecule has 0 heterocycles. The number of carbonyl (C=O) groups excluding carboxylic acids is 2. The van der Waals surface area contributed by atoms with E-state index in [1.54, 1.807) is 24.3 Å². The summed E-state index contributed by atoms with van der Waals surface area (Å²) in [4.78, 5) is 33.9. The fourth-order valence-corrected chi connectivity index (χ4v) is 2.57. The summed E-state index contributed by atoms with van der Waals surface area (Å²) in [5.41, 5.74) is 2.16. The van der Waals surface area contributed by atoms with Crippen LogP contribution in [-0.2, 0) is 22.6 Å². The van der Waals surface area contributed by atoms with Crippen molar-refractivity contribution in [2.45, 2.75) is 13.0 Å². The molecular formula is C22H18N2O6. The highest BCUT2D eigenvalue weighted by atomic mass is 16.7. The summed E-state index contributed by atoms with van der Waals surface area (Å²) in [6.45, 7) is -0.0238. The molecule has 0 saturated heterocycles. The van der Waals surface area contributed by atoms with Gasteiger partial charge in [-0.25, -0.2) is 4.79 Å². The quantitative estimate of drug-likeness (QED) is 0.268. The first kappa shape index (κ1) is 20.5. The van der Waals surface area contributed by atoms with Gasteiger partial charge in [-0.2, -0.15) is 0 Å². The number of hydrogen-bond acceptors (Lipinski definition) is 6. The Bertz CT molecular complexity index is 1020. The van der Waals surface area contributed by atoms with Crippen LogP contribution in [0.25, 0.3) is 0 Å². The zero-order chi connectivity index (χ0) is 21.3. The van der Waals surface area contributed by atoms with Crippen LogP contribution in [0.15, 0.2) is 78.9 Å². The van der Waals surface area contributed by atoms with Gasteiger partial charge in [-0.15, -0.1) is 0 Å². The predicted molar refractivity (Wildman–Crippen MR) is 109 cm³/mol. The molecule has 152 valence electrons. The minimum Gasteiger partial charge on any atom is -0.429 e. The van der Waals surface area contributed by atoms with Crippen LogP contribution in [-0.4, -0.2) is 17.0 Å². The molecule has 0 atom stereocenters. The summed E-state index contributed by atoms with van der Waals surface area (Å²) in [7, 11) is 0. The van der Waals surface area contributed by atoms with Gasteiger partial charge in [0.1, 0.15) is 12.4 Å². The lowest BCUT2D eigenvalue weighted by Gasteiger charge is -2.08. The van der Waals surface area contributed by atoms with E-state index in [1.807, 2.05) is 30.3 Å². The second-order valence-electron chi connectivity index (χ2n) is 6.30. The van der Waals surface area contributed by atoms with Crippen LogP contribution in [0.4, 0.5) is 16.2 Å². The molecule has 3 aromatic rings. The molecule has 8 nitrogen and oxygen atoms in total. The minimum atomic E-state index is -0.927. The van der Waals surface area contributed by atoms with Crippen LogP contribution >= 0.6 is 0 Å². The first-order valence-corrected chi connectivity index (χ1v) is 9.01. The number of non-ortho nitro benzene ring substituents is 1. The number of benzene rings is 3. The Morgan fingerprint density at radius 1 is 0.867 bits per heavy atom. The number of ether oxygens (including phenoxy) is 2. The van der Waals surface area contributed by atoms with E-state index in [1.165, 1.54) is 24.3 Å². The van der Waals surface area contributed by atoms with E-state index in [0.29, 0.717) is 11.3 Å². The number of carbonyl (C=O) groups is 2. The monoisotopic (exact) mass is 406 g/mol. The molecule has 0 bridgehead atoms. The van der Waals surface area contributed by atoms with Gasteiger partial charge in [0.05, 0.1) is 11.3 Å². The second kappa shape index (κ2) is 9.83. The highest BCUT2D eigenvalue weighted by molar-refractivity contribution is 5.92. The van der Waals surface area contributed by atoms with Crippen molar-refractivity contribution in [3.05, 3.63) is 100 Å². The lowest BCUT2D eigenvalue weighted by molar-refractivity contribution is -0.384. The van der Waals surface area contributed by atoms with Gasteiger partial charge < -0.3 is 14.8 Å². The number of anilines is 1. The normalized spacial score (nSPS) is 10.1. The molecule has 30 heavy (non-hydrogen) atoms. The van der Waals surface area contributed by atoms with E-state index in [2.05, 4.69) is 5.32 Å². The van der Waals surface area contributed by atoms with Gasteiger partial charge in [-0.1, -0.05) is 42.5 Å². The molecule has 0 aliphatic carbocycles. The van der Waals surface area contributed by atoms with Gasteiger partial charge in [0, 0.05) is 17.8 Å². The van der Waals surface area contributed by atoms with Gasteiger partial charge in [0.15, 0.2) is 0 Å². The number of nitro groups is 1. The Labute approximate surface area is 172 Å². The fourth-order valence-electron chi connectivity index (χ4n) is 2.57. The highest BCUT2D eigenvalue weighted by Gasteiger charge is 2.10. The first-order valence-electron chi connectivity index (χ1n) is 9.01. The van der Waals surface area contributed by atoms with Crippen LogP contribution in [0.5, 0.6) is 5.75 Å². The number of nitro benzene ring substituents is 1. The summed E-state index contributed by atoms with van der Waals surface area (Å²) in [6, 6.07) is 21.4. The van der Waals surface area contributed by atoms with Crippen molar-refractivity contribution in [1.29, 1.82) is 0 Å². The molecule has 1 amide bonds. The lowest BCUT2D eigenvalue weighted by atomic mass is 10.1. The third-order valence-corrected chi connectivity index (χ3v) is 4.05. The third kappa shape index (κ3) is 6.16. The van der Waals surface area contributed by atoms with Crippen LogP contribution in [0.2, 0.25) is 0 Å². The molecule has 0 spiro atoms. The van der Waals surface area contributed by atoms with Crippen molar-refractivity contribution >= 4 is 23.4 Å². The van der Waals surface area contributed by atoms with Crippen molar-refractivity contribution in [3.8, 4) is 5.75 Å². The topological polar surface area (TPSA) is 108 Å². The van der Waals surface area contributed by atoms with Crippen LogP contribution in [0, 0.1) is 10.1 Å². The molecule has 0 fully saturated rings. The maximum atomic E-state index is 12.1. The summed E-state index contributed by atoms with van der Waals surface area (Å²) in [5, 5.41) is 13.4. The number of hydrogen-bond donors (Lipinski definition) is 1.